The number of hydrogen-bond acceptors (Lipinski definition) is 3. The van der Waals surface area contributed by atoms with Crippen LogP contribution in [-0.2, 0) is 11.3 Å². The molecule has 0 saturated carbocycles. The summed E-state index contributed by atoms with van der Waals surface area (Å²) < 4.78 is 10.9. The number of carbonyl (C=O) groups excluding carboxylic acids is 1. The molecule has 0 radical (unpaired) electrons. The first-order chi connectivity index (χ1) is 10.6. The van der Waals surface area contributed by atoms with Crippen molar-refractivity contribution in [2.24, 2.45) is 0 Å². The number of carbonyl (C=O) groups is 1. The molecular weight excluding hydrogens is 325 g/mol. The Morgan fingerprint density at radius 2 is 1.91 bits per heavy atom. The molecule has 0 saturated heterocycles. The molecule has 22 heavy (non-hydrogen) atoms. The van der Waals surface area contributed by atoms with Gasteiger partial charge in [-0.3, -0.25) is 4.79 Å². The number of amides is 1. The Labute approximate surface area is 138 Å². The molecule has 0 N–H and O–H groups in total. The molecule has 1 aliphatic carbocycles. The Kier molecular flexibility index (Phi) is 3.46. The van der Waals surface area contributed by atoms with E-state index in [1.807, 2.05) is 11.0 Å². The maximum Gasteiger partial charge on any atom is 0.256 e. The zero-order valence-corrected chi connectivity index (χ0v) is 13.3. The number of alkyl halides is 2. The predicted octanol–water partition coefficient (Wildman–Crippen LogP) is 3.36. The summed E-state index contributed by atoms with van der Waals surface area (Å²) in [5.41, 5.74) is 2.33. The second kappa shape index (κ2) is 5.36. The summed E-state index contributed by atoms with van der Waals surface area (Å²) in [5, 5.41) is 0. The molecule has 0 aromatic heterocycles. The average molecular weight is 340 g/mol. The van der Waals surface area contributed by atoms with Gasteiger partial charge in [-0.1, -0.05) is 35.4 Å². The second-order valence-corrected chi connectivity index (χ2v) is 6.88. The predicted molar refractivity (Wildman–Crippen MR) is 83.5 cm³/mol. The molecule has 0 spiro atoms. The molecule has 2 heterocycles. The van der Waals surface area contributed by atoms with Crippen LogP contribution in [0.15, 0.2) is 24.3 Å². The van der Waals surface area contributed by atoms with Gasteiger partial charge in [0.15, 0.2) is 16.3 Å². The summed E-state index contributed by atoms with van der Waals surface area (Å²) in [4.78, 5) is 13.2. The van der Waals surface area contributed by atoms with Gasteiger partial charge in [0.05, 0.1) is 0 Å². The van der Waals surface area contributed by atoms with E-state index in [0.29, 0.717) is 6.54 Å². The number of halogens is 2. The number of benzene rings is 1. The lowest BCUT2D eigenvalue weighted by Crippen LogP contribution is -2.49. The van der Waals surface area contributed by atoms with E-state index in [4.69, 9.17) is 32.7 Å². The quantitative estimate of drug-likeness (QED) is 0.581. The minimum atomic E-state index is -1.03. The average Bonchev–Trinajstić information content (AvgIpc) is 2.98. The standard InChI is InChI=1S/C16H15Cl2NO3/c17-15(18)16(20)19-7-9-5-13-14(22-8-21-13)6-11(9)10-3-1-2-4-12(10)19/h1-2,5-6,10,12,15H,3-4,7-8H2/t10-,12-/m0/s1. The van der Waals surface area contributed by atoms with Crippen LogP contribution in [0.4, 0.5) is 0 Å². The fraction of sp³-hybridized carbons (Fsp3) is 0.438. The molecule has 0 unspecified atom stereocenters. The third-order valence-electron chi connectivity index (χ3n) is 4.64. The van der Waals surface area contributed by atoms with Crippen LogP contribution in [-0.4, -0.2) is 28.5 Å². The Morgan fingerprint density at radius 3 is 2.68 bits per heavy atom. The van der Waals surface area contributed by atoms with E-state index < -0.39 is 4.84 Å². The van der Waals surface area contributed by atoms with E-state index in [-0.39, 0.29) is 24.7 Å². The van der Waals surface area contributed by atoms with E-state index in [9.17, 15) is 4.79 Å². The Balaban J connectivity index is 1.78. The highest BCUT2D eigenvalue weighted by Crippen LogP contribution is 2.45. The highest BCUT2D eigenvalue weighted by molar-refractivity contribution is 6.53. The topological polar surface area (TPSA) is 38.8 Å². The van der Waals surface area contributed by atoms with E-state index in [2.05, 4.69) is 18.2 Å². The number of nitrogens with zero attached hydrogens (tertiary/aromatic N) is 1. The van der Waals surface area contributed by atoms with Crippen LogP contribution in [0.25, 0.3) is 0 Å². The molecule has 1 aromatic rings. The molecule has 4 nitrogen and oxygen atoms in total. The summed E-state index contributed by atoms with van der Waals surface area (Å²) >= 11 is 11.7. The summed E-state index contributed by atoms with van der Waals surface area (Å²) in [6, 6.07) is 4.14. The van der Waals surface area contributed by atoms with Crippen molar-refractivity contribution in [2.45, 2.75) is 36.2 Å². The fourth-order valence-corrected chi connectivity index (χ4v) is 3.88. The fourth-order valence-electron chi connectivity index (χ4n) is 3.63. The van der Waals surface area contributed by atoms with Gasteiger partial charge in [-0.05, 0) is 36.1 Å². The maximum absolute atomic E-state index is 12.4. The van der Waals surface area contributed by atoms with Crippen molar-refractivity contribution in [3.8, 4) is 11.5 Å². The third kappa shape index (κ3) is 2.17. The SMILES string of the molecule is O=C(C(Cl)Cl)N1Cc2cc3c(cc2[C@@H]2CC=CC[C@@H]21)OCO3. The summed E-state index contributed by atoms with van der Waals surface area (Å²) in [6.45, 7) is 0.760. The minimum absolute atomic E-state index is 0.102. The molecule has 2 atom stereocenters. The minimum Gasteiger partial charge on any atom is -0.454 e. The molecule has 3 aliphatic rings. The molecular formula is C16H15Cl2NO3. The van der Waals surface area contributed by atoms with Gasteiger partial charge in [-0.15, -0.1) is 0 Å². The zero-order chi connectivity index (χ0) is 15.3. The zero-order valence-electron chi connectivity index (χ0n) is 11.8. The molecule has 0 fully saturated rings. The van der Waals surface area contributed by atoms with Crippen LogP contribution in [0.5, 0.6) is 11.5 Å². The highest BCUT2D eigenvalue weighted by atomic mass is 35.5. The summed E-state index contributed by atoms with van der Waals surface area (Å²) in [7, 11) is 0. The summed E-state index contributed by atoms with van der Waals surface area (Å²) in [6.07, 6.45) is 6.01. The molecule has 0 bridgehead atoms. The molecule has 2 aliphatic heterocycles. The van der Waals surface area contributed by atoms with Crippen molar-refractivity contribution in [2.75, 3.05) is 6.79 Å². The van der Waals surface area contributed by atoms with Crippen LogP contribution >= 0.6 is 23.2 Å². The Morgan fingerprint density at radius 1 is 1.18 bits per heavy atom. The van der Waals surface area contributed by atoms with Gasteiger partial charge in [-0.25, -0.2) is 0 Å². The van der Waals surface area contributed by atoms with Crippen LogP contribution in [0, 0.1) is 0 Å². The van der Waals surface area contributed by atoms with Gasteiger partial charge < -0.3 is 14.4 Å². The number of allylic oxidation sites excluding steroid dienone is 1. The van der Waals surface area contributed by atoms with E-state index in [1.165, 1.54) is 5.56 Å². The Bertz CT molecular complexity index is 659. The maximum atomic E-state index is 12.4. The molecule has 4 rings (SSSR count). The highest BCUT2D eigenvalue weighted by Gasteiger charge is 2.40. The first-order valence-electron chi connectivity index (χ1n) is 7.31. The van der Waals surface area contributed by atoms with Gasteiger partial charge in [0.2, 0.25) is 6.79 Å². The molecule has 116 valence electrons. The monoisotopic (exact) mass is 339 g/mol. The van der Waals surface area contributed by atoms with Crippen molar-refractivity contribution in [1.82, 2.24) is 4.90 Å². The van der Waals surface area contributed by atoms with Crippen LogP contribution in [0.3, 0.4) is 0 Å². The van der Waals surface area contributed by atoms with Crippen LogP contribution < -0.4 is 9.47 Å². The van der Waals surface area contributed by atoms with Crippen molar-refractivity contribution >= 4 is 29.1 Å². The van der Waals surface area contributed by atoms with Gasteiger partial charge in [0.25, 0.3) is 5.91 Å². The first kappa shape index (κ1) is 14.2. The lowest BCUT2D eigenvalue weighted by Gasteiger charge is -2.43. The Hall–Kier alpha value is -1.39. The van der Waals surface area contributed by atoms with Crippen molar-refractivity contribution in [3.05, 3.63) is 35.4 Å². The van der Waals surface area contributed by atoms with Gasteiger partial charge in [0.1, 0.15) is 0 Å². The molecule has 6 heteroatoms. The van der Waals surface area contributed by atoms with Gasteiger partial charge >= 0.3 is 0 Å². The van der Waals surface area contributed by atoms with Crippen LogP contribution in [0.2, 0.25) is 0 Å². The van der Waals surface area contributed by atoms with E-state index in [0.717, 1.165) is 29.9 Å². The van der Waals surface area contributed by atoms with E-state index in [1.54, 1.807) is 0 Å². The number of fused-ring (bicyclic) bond motifs is 4. The second-order valence-electron chi connectivity index (χ2n) is 5.79. The van der Waals surface area contributed by atoms with Crippen molar-refractivity contribution in [1.29, 1.82) is 0 Å². The lowest BCUT2D eigenvalue weighted by atomic mass is 9.77. The molecule has 1 aromatic carbocycles. The third-order valence-corrected chi connectivity index (χ3v) is 5.02. The number of rotatable bonds is 1. The first-order valence-corrected chi connectivity index (χ1v) is 8.18. The normalized spacial score (nSPS) is 25.1. The smallest absolute Gasteiger partial charge is 0.256 e. The lowest BCUT2D eigenvalue weighted by molar-refractivity contribution is -0.133. The molecule has 1 amide bonds. The number of hydrogen-bond donors (Lipinski definition) is 0. The van der Waals surface area contributed by atoms with Gasteiger partial charge in [0, 0.05) is 18.5 Å². The van der Waals surface area contributed by atoms with Gasteiger partial charge in [-0.2, -0.15) is 0 Å². The number of ether oxygens (including phenoxy) is 2. The van der Waals surface area contributed by atoms with Crippen molar-refractivity contribution in [3.63, 3.8) is 0 Å². The summed E-state index contributed by atoms with van der Waals surface area (Å²) in [5.74, 6) is 1.56. The van der Waals surface area contributed by atoms with Crippen molar-refractivity contribution < 1.29 is 14.3 Å². The van der Waals surface area contributed by atoms with E-state index >= 15 is 0 Å². The largest absolute Gasteiger partial charge is 0.454 e. The van der Waals surface area contributed by atoms with Crippen LogP contribution in [0.1, 0.15) is 29.9 Å².